The van der Waals surface area contributed by atoms with E-state index in [0.29, 0.717) is 5.02 Å². The van der Waals surface area contributed by atoms with E-state index < -0.39 is 0 Å². The molecule has 0 saturated heterocycles. The van der Waals surface area contributed by atoms with Gasteiger partial charge in [-0.15, -0.1) is 0 Å². The molecule has 3 aromatic rings. The lowest BCUT2D eigenvalue weighted by atomic mass is 9.86. The molecule has 0 spiro atoms. The van der Waals surface area contributed by atoms with Crippen LogP contribution >= 0.6 is 11.6 Å². The van der Waals surface area contributed by atoms with Crippen molar-refractivity contribution in [2.75, 3.05) is 0 Å². The van der Waals surface area contributed by atoms with Crippen LogP contribution in [-0.2, 0) is 5.41 Å². The van der Waals surface area contributed by atoms with Gasteiger partial charge >= 0.3 is 0 Å². The Labute approximate surface area is 124 Å². The maximum atomic E-state index is 6.00. The molecular formula is C17H17ClN2. The van der Waals surface area contributed by atoms with Crippen LogP contribution in [-0.4, -0.2) is 9.38 Å². The monoisotopic (exact) mass is 284 g/mol. The van der Waals surface area contributed by atoms with E-state index in [1.165, 1.54) is 5.56 Å². The fraction of sp³-hybridized carbons (Fsp3) is 0.235. The number of halogens is 1. The van der Waals surface area contributed by atoms with Crippen LogP contribution in [0.2, 0.25) is 5.02 Å². The Morgan fingerprint density at radius 1 is 0.950 bits per heavy atom. The van der Waals surface area contributed by atoms with Crippen molar-refractivity contribution >= 4 is 17.2 Å². The van der Waals surface area contributed by atoms with Gasteiger partial charge in [-0.05, 0) is 23.1 Å². The first-order valence-corrected chi connectivity index (χ1v) is 7.06. The molecule has 20 heavy (non-hydrogen) atoms. The summed E-state index contributed by atoms with van der Waals surface area (Å²) in [6.45, 7) is 6.65. The number of aromatic nitrogens is 2. The van der Waals surface area contributed by atoms with Crippen LogP contribution in [0.25, 0.3) is 16.9 Å². The summed E-state index contributed by atoms with van der Waals surface area (Å²) >= 11 is 6.00. The van der Waals surface area contributed by atoms with E-state index in [0.717, 1.165) is 16.9 Å². The molecule has 0 radical (unpaired) electrons. The lowest BCUT2D eigenvalue weighted by molar-refractivity contribution is 0.590. The van der Waals surface area contributed by atoms with E-state index in [9.17, 15) is 0 Å². The number of nitrogens with zero attached hydrogens (tertiary/aromatic N) is 2. The molecule has 102 valence electrons. The van der Waals surface area contributed by atoms with Gasteiger partial charge in [0, 0.05) is 18.0 Å². The molecule has 0 saturated carbocycles. The van der Waals surface area contributed by atoms with Gasteiger partial charge < -0.3 is 4.40 Å². The molecule has 0 aliphatic rings. The second kappa shape index (κ2) is 4.64. The topological polar surface area (TPSA) is 17.3 Å². The molecule has 0 aliphatic carbocycles. The smallest absolute Gasteiger partial charge is 0.137 e. The molecule has 0 aliphatic heterocycles. The molecule has 0 fully saturated rings. The summed E-state index contributed by atoms with van der Waals surface area (Å²) in [6.07, 6.45) is 3.88. The average Bonchev–Trinajstić information content (AvgIpc) is 2.80. The third-order valence-corrected chi connectivity index (χ3v) is 3.69. The van der Waals surface area contributed by atoms with Gasteiger partial charge in [-0.1, -0.05) is 56.6 Å². The van der Waals surface area contributed by atoms with Crippen LogP contribution in [0.5, 0.6) is 0 Å². The van der Waals surface area contributed by atoms with E-state index in [1.54, 1.807) is 0 Å². The van der Waals surface area contributed by atoms with E-state index in [2.05, 4.69) is 50.0 Å². The lowest BCUT2D eigenvalue weighted by Crippen LogP contribution is -2.10. The van der Waals surface area contributed by atoms with Gasteiger partial charge in [-0.25, -0.2) is 4.98 Å². The van der Waals surface area contributed by atoms with Gasteiger partial charge in [0.15, 0.2) is 0 Å². The molecule has 3 heteroatoms. The maximum Gasteiger partial charge on any atom is 0.137 e. The van der Waals surface area contributed by atoms with Gasteiger partial charge in [0.1, 0.15) is 5.65 Å². The van der Waals surface area contributed by atoms with E-state index >= 15 is 0 Å². The van der Waals surface area contributed by atoms with Crippen molar-refractivity contribution in [1.82, 2.24) is 9.38 Å². The molecule has 2 heterocycles. The predicted molar refractivity (Wildman–Crippen MR) is 84.3 cm³/mol. The Balaban J connectivity index is 2.02. The molecule has 0 atom stereocenters. The van der Waals surface area contributed by atoms with Crippen LogP contribution in [0, 0.1) is 0 Å². The Morgan fingerprint density at radius 3 is 2.30 bits per heavy atom. The molecule has 0 unspecified atom stereocenters. The number of rotatable bonds is 1. The molecule has 0 N–H and O–H groups in total. The highest BCUT2D eigenvalue weighted by atomic mass is 35.5. The third-order valence-electron chi connectivity index (χ3n) is 3.46. The van der Waals surface area contributed by atoms with Crippen molar-refractivity contribution in [3.63, 3.8) is 0 Å². The van der Waals surface area contributed by atoms with Gasteiger partial charge in [-0.3, -0.25) is 0 Å². The number of benzene rings is 1. The van der Waals surface area contributed by atoms with E-state index in [-0.39, 0.29) is 5.41 Å². The fourth-order valence-corrected chi connectivity index (χ4v) is 2.41. The Hall–Kier alpha value is -1.80. The first-order valence-electron chi connectivity index (χ1n) is 6.69. The second-order valence-electron chi connectivity index (χ2n) is 6.07. The highest BCUT2D eigenvalue weighted by molar-refractivity contribution is 6.30. The van der Waals surface area contributed by atoms with Crippen molar-refractivity contribution in [2.24, 2.45) is 0 Å². The summed E-state index contributed by atoms with van der Waals surface area (Å²) in [4.78, 5) is 4.62. The summed E-state index contributed by atoms with van der Waals surface area (Å²) in [5.74, 6) is 0. The maximum absolute atomic E-state index is 6.00. The van der Waals surface area contributed by atoms with Gasteiger partial charge in [0.25, 0.3) is 0 Å². The standard InChI is InChI=1S/C17H17ClN2/c1-17(2,3)13-6-4-12(5-7-13)15-11-20-10-14(18)8-9-16(20)19-15/h4-11H,1-3H3. The van der Waals surface area contributed by atoms with Crippen molar-refractivity contribution in [2.45, 2.75) is 26.2 Å². The number of pyridine rings is 1. The Kier molecular flexibility index (Phi) is 3.06. The van der Waals surface area contributed by atoms with E-state index in [1.807, 2.05) is 28.9 Å². The molecule has 2 nitrogen and oxygen atoms in total. The first kappa shape index (κ1) is 13.2. The Bertz CT molecular complexity index is 749. The third kappa shape index (κ3) is 2.44. The van der Waals surface area contributed by atoms with Crippen LogP contribution in [0.1, 0.15) is 26.3 Å². The van der Waals surface area contributed by atoms with Crippen LogP contribution in [0.15, 0.2) is 48.8 Å². The normalized spacial score (nSPS) is 12.0. The van der Waals surface area contributed by atoms with Gasteiger partial charge in [0.2, 0.25) is 0 Å². The average molecular weight is 285 g/mol. The minimum atomic E-state index is 0.172. The number of hydrogen-bond acceptors (Lipinski definition) is 1. The minimum absolute atomic E-state index is 0.172. The van der Waals surface area contributed by atoms with Gasteiger partial charge in [-0.2, -0.15) is 0 Å². The number of imidazole rings is 1. The van der Waals surface area contributed by atoms with Crippen LogP contribution in [0.4, 0.5) is 0 Å². The first-order chi connectivity index (χ1) is 9.43. The van der Waals surface area contributed by atoms with Crippen molar-refractivity contribution < 1.29 is 0 Å². The summed E-state index contributed by atoms with van der Waals surface area (Å²) in [6, 6.07) is 12.4. The Morgan fingerprint density at radius 2 is 1.65 bits per heavy atom. The van der Waals surface area contributed by atoms with Crippen molar-refractivity contribution in [3.8, 4) is 11.3 Å². The summed E-state index contributed by atoms with van der Waals surface area (Å²) in [5, 5.41) is 0.713. The molecule has 0 amide bonds. The molecule has 1 aromatic carbocycles. The zero-order chi connectivity index (χ0) is 14.3. The SMILES string of the molecule is CC(C)(C)c1ccc(-c2cn3cc(Cl)ccc3n2)cc1. The summed E-state index contributed by atoms with van der Waals surface area (Å²) in [5.41, 5.74) is 4.49. The molecule has 3 rings (SSSR count). The van der Waals surface area contributed by atoms with Crippen molar-refractivity contribution in [3.05, 3.63) is 59.4 Å². The van der Waals surface area contributed by atoms with Gasteiger partial charge in [0.05, 0.1) is 10.7 Å². The number of hydrogen-bond donors (Lipinski definition) is 0. The number of fused-ring (bicyclic) bond motifs is 1. The van der Waals surface area contributed by atoms with Crippen LogP contribution in [0.3, 0.4) is 0 Å². The zero-order valence-electron chi connectivity index (χ0n) is 11.9. The molecule has 2 aromatic heterocycles. The van der Waals surface area contributed by atoms with Crippen molar-refractivity contribution in [1.29, 1.82) is 0 Å². The second-order valence-corrected chi connectivity index (χ2v) is 6.50. The summed E-state index contributed by atoms with van der Waals surface area (Å²) in [7, 11) is 0. The molecule has 0 bridgehead atoms. The van der Waals surface area contributed by atoms with E-state index in [4.69, 9.17) is 11.6 Å². The highest BCUT2D eigenvalue weighted by Gasteiger charge is 2.13. The largest absolute Gasteiger partial charge is 0.305 e. The zero-order valence-corrected chi connectivity index (χ0v) is 12.6. The summed E-state index contributed by atoms with van der Waals surface area (Å²) < 4.78 is 1.95. The quantitative estimate of drug-likeness (QED) is 0.618. The fourth-order valence-electron chi connectivity index (χ4n) is 2.24. The highest BCUT2D eigenvalue weighted by Crippen LogP contribution is 2.26. The predicted octanol–water partition coefficient (Wildman–Crippen LogP) is 4.95. The minimum Gasteiger partial charge on any atom is -0.305 e. The molecular weight excluding hydrogens is 268 g/mol. The van der Waals surface area contributed by atoms with Crippen LogP contribution < -0.4 is 0 Å². The lowest BCUT2D eigenvalue weighted by Gasteiger charge is -2.18.